The Morgan fingerprint density at radius 3 is 2.54 bits per heavy atom. The van der Waals surface area contributed by atoms with Gasteiger partial charge in [-0.3, -0.25) is 0 Å². The fourth-order valence-electron chi connectivity index (χ4n) is 2.11. The molecule has 5 nitrogen and oxygen atoms in total. The molecule has 1 aromatic carbocycles. The highest BCUT2D eigenvalue weighted by atomic mass is 28.3. The van der Waals surface area contributed by atoms with E-state index in [0.29, 0.717) is 18.1 Å². The average Bonchev–Trinajstić information content (AvgIpc) is 2.66. The predicted molar refractivity (Wildman–Crippen MR) is 117 cm³/mol. The molecule has 28 heavy (non-hydrogen) atoms. The summed E-state index contributed by atoms with van der Waals surface area (Å²) in [5, 5.41) is 0. The Morgan fingerprint density at radius 2 is 1.96 bits per heavy atom. The maximum atomic E-state index is 11.3. The first kappa shape index (κ1) is 24.0. The highest BCUT2D eigenvalue weighted by molar-refractivity contribution is 6.76. The van der Waals surface area contributed by atoms with Crippen molar-refractivity contribution in [2.75, 3.05) is 20.5 Å². The Hall–Kier alpha value is -2.05. The number of benzene rings is 1. The summed E-state index contributed by atoms with van der Waals surface area (Å²) in [6, 6.07) is 6.57. The molecule has 0 radical (unpaired) electrons. The monoisotopic (exact) mass is 406 g/mol. The first-order chi connectivity index (χ1) is 13.1. The smallest absolute Gasteiger partial charge is 0.330 e. The van der Waals surface area contributed by atoms with Crippen molar-refractivity contribution in [1.29, 1.82) is 0 Å². The van der Waals surface area contributed by atoms with Crippen LogP contribution in [0.15, 0.2) is 36.9 Å². The molecule has 6 heteroatoms. The van der Waals surface area contributed by atoms with Crippen LogP contribution < -0.4 is 9.47 Å². The van der Waals surface area contributed by atoms with Gasteiger partial charge in [-0.15, -0.1) is 0 Å². The molecule has 1 aromatic rings. The molecule has 0 saturated heterocycles. The molecule has 0 N–H and O–H groups in total. The molecule has 0 amide bonds. The van der Waals surface area contributed by atoms with E-state index in [1.165, 1.54) is 13.2 Å². The van der Waals surface area contributed by atoms with Gasteiger partial charge in [-0.1, -0.05) is 39.2 Å². The van der Waals surface area contributed by atoms with E-state index in [4.69, 9.17) is 14.2 Å². The zero-order valence-electron chi connectivity index (χ0n) is 18.0. The van der Waals surface area contributed by atoms with Gasteiger partial charge in [0.05, 0.1) is 7.11 Å². The van der Waals surface area contributed by atoms with Gasteiger partial charge < -0.3 is 18.9 Å². The van der Waals surface area contributed by atoms with E-state index in [1.54, 1.807) is 12.2 Å². The molecule has 0 aliphatic heterocycles. The topological polar surface area (TPSA) is 54.0 Å². The lowest BCUT2D eigenvalue weighted by molar-refractivity contribution is -0.134. The van der Waals surface area contributed by atoms with E-state index in [-0.39, 0.29) is 6.79 Å². The number of rotatable bonds is 12. The number of esters is 1. The molecule has 0 aliphatic rings. The average molecular weight is 407 g/mol. The molecular weight excluding hydrogens is 372 g/mol. The second-order valence-electron chi connectivity index (χ2n) is 8.02. The van der Waals surface area contributed by atoms with E-state index in [0.717, 1.165) is 18.0 Å². The molecule has 0 spiro atoms. The van der Waals surface area contributed by atoms with Gasteiger partial charge >= 0.3 is 5.97 Å². The van der Waals surface area contributed by atoms with Gasteiger partial charge in [-0.2, -0.15) is 0 Å². The predicted octanol–water partition coefficient (Wildman–Crippen LogP) is 5.30. The maximum Gasteiger partial charge on any atom is 0.330 e. The molecule has 1 atom stereocenters. The SMILES string of the molecule is C=CC(C)(CC)Oc1cc(/C=C/C(=O)OC)ccc1OCOCC[Si](C)(C)C. The summed E-state index contributed by atoms with van der Waals surface area (Å²) in [5.74, 6) is 0.748. The van der Waals surface area contributed by atoms with Crippen LogP contribution >= 0.6 is 0 Å². The zero-order valence-corrected chi connectivity index (χ0v) is 19.0. The molecule has 156 valence electrons. The highest BCUT2D eigenvalue weighted by Gasteiger charge is 2.22. The molecule has 0 heterocycles. The van der Waals surface area contributed by atoms with Crippen LogP contribution in [-0.2, 0) is 14.3 Å². The van der Waals surface area contributed by atoms with Gasteiger partial charge in [0.15, 0.2) is 18.3 Å². The summed E-state index contributed by atoms with van der Waals surface area (Å²) in [5.41, 5.74) is 0.275. The van der Waals surface area contributed by atoms with Crippen LogP contribution in [0.5, 0.6) is 11.5 Å². The summed E-state index contributed by atoms with van der Waals surface area (Å²) in [6.07, 6.45) is 5.57. The maximum absolute atomic E-state index is 11.3. The zero-order chi connectivity index (χ0) is 21.2. The summed E-state index contributed by atoms with van der Waals surface area (Å²) < 4.78 is 22.3. The lowest BCUT2D eigenvalue weighted by Gasteiger charge is -2.27. The second-order valence-corrected chi connectivity index (χ2v) is 13.6. The van der Waals surface area contributed by atoms with Crippen molar-refractivity contribution in [3.8, 4) is 11.5 Å². The molecular formula is C22H34O5Si. The Balaban J connectivity index is 2.92. The first-order valence-electron chi connectivity index (χ1n) is 9.55. The molecule has 0 aliphatic carbocycles. The van der Waals surface area contributed by atoms with E-state index < -0.39 is 19.6 Å². The van der Waals surface area contributed by atoms with Crippen LogP contribution in [0.2, 0.25) is 25.7 Å². The van der Waals surface area contributed by atoms with Crippen LogP contribution in [-0.4, -0.2) is 40.2 Å². The lowest BCUT2D eigenvalue weighted by Crippen LogP contribution is -2.28. The van der Waals surface area contributed by atoms with Gasteiger partial charge in [0.2, 0.25) is 0 Å². The van der Waals surface area contributed by atoms with Gasteiger partial charge in [0.25, 0.3) is 0 Å². The fraction of sp³-hybridized carbons (Fsp3) is 0.500. The first-order valence-corrected chi connectivity index (χ1v) is 13.3. The van der Waals surface area contributed by atoms with Gasteiger partial charge in [-0.05, 0) is 49.2 Å². The third kappa shape index (κ3) is 8.76. The largest absolute Gasteiger partial charge is 0.480 e. The minimum absolute atomic E-state index is 0.162. The van der Waals surface area contributed by atoms with Crippen LogP contribution in [0, 0.1) is 0 Å². The van der Waals surface area contributed by atoms with Crippen molar-refractivity contribution in [2.45, 2.75) is 51.6 Å². The minimum atomic E-state index is -1.13. The van der Waals surface area contributed by atoms with Crippen LogP contribution in [0.1, 0.15) is 25.8 Å². The van der Waals surface area contributed by atoms with Gasteiger partial charge in [0, 0.05) is 20.8 Å². The van der Waals surface area contributed by atoms with Crippen LogP contribution in [0.3, 0.4) is 0 Å². The normalized spacial score (nSPS) is 13.8. The van der Waals surface area contributed by atoms with Crippen molar-refractivity contribution in [2.24, 2.45) is 0 Å². The van der Waals surface area contributed by atoms with Crippen molar-refractivity contribution in [3.05, 3.63) is 42.5 Å². The van der Waals surface area contributed by atoms with Crippen molar-refractivity contribution < 1.29 is 23.7 Å². The van der Waals surface area contributed by atoms with Gasteiger partial charge in [-0.25, -0.2) is 4.79 Å². The van der Waals surface area contributed by atoms with E-state index in [2.05, 4.69) is 31.0 Å². The molecule has 1 rings (SSSR count). The Kier molecular flexibility index (Phi) is 9.48. The van der Waals surface area contributed by atoms with Crippen molar-refractivity contribution >= 4 is 20.1 Å². The third-order valence-electron chi connectivity index (χ3n) is 4.35. The Morgan fingerprint density at radius 1 is 1.25 bits per heavy atom. The highest BCUT2D eigenvalue weighted by Crippen LogP contribution is 2.33. The summed E-state index contributed by atoms with van der Waals surface area (Å²) >= 11 is 0. The number of carbonyl (C=O) groups excluding carboxylic acids is 1. The standard InChI is InChI=1S/C22H34O5Si/c1-8-22(3,9-2)27-20-16-18(11-13-21(23)24-4)10-12-19(20)26-17-25-14-15-28(5,6)7/h8,10-13,16H,1,9,14-15,17H2,2-7H3/b13-11+. The molecule has 0 aromatic heterocycles. The van der Waals surface area contributed by atoms with E-state index in [9.17, 15) is 4.79 Å². The molecule has 0 bridgehead atoms. The number of hydrogen-bond acceptors (Lipinski definition) is 5. The number of methoxy groups -OCH3 is 1. The van der Waals surface area contributed by atoms with Crippen molar-refractivity contribution in [3.63, 3.8) is 0 Å². The molecule has 0 saturated carbocycles. The van der Waals surface area contributed by atoms with Gasteiger partial charge in [0.1, 0.15) is 5.60 Å². The summed E-state index contributed by atoms with van der Waals surface area (Å²) in [7, 11) is 0.214. The van der Waals surface area contributed by atoms with Crippen LogP contribution in [0.4, 0.5) is 0 Å². The fourth-order valence-corrected chi connectivity index (χ4v) is 2.87. The number of hydrogen-bond donors (Lipinski definition) is 0. The third-order valence-corrected chi connectivity index (χ3v) is 6.06. The Bertz CT molecular complexity index is 678. The van der Waals surface area contributed by atoms with E-state index >= 15 is 0 Å². The van der Waals surface area contributed by atoms with Crippen LogP contribution in [0.25, 0.3) is 6.08 Å². The number of carbonyl (C=O) groups is 1. The minimum Gasteiger partial charge on any atom is -0.480 e. The number of ether oxygens (including phenoxy) is 4. The summed E-state index contributed by atoms with van der Waals surface area (Å²) in [6.45, 7) is 15.6. The van der Waals surface area contributed by atoms with Crippen molar-refractivity contribution in [1.82, 2.24) is 0 Å². The molecule has 0 fully saturated rings. The summed E-state index contributed by atoms with van der Waals surface area (Å²) in [4.78, 5) is 11.3. The quantitative estimate of drug-likeness (QED) is 0.118. The molecule has 1 unspecified atom stereocenters. The van der Waals surface area contributed by atoms with E-state index in [1.807, 2.05) is 32.0 Å². The lowest BCUT2D eigenvalue weighted by atomic mass is 10.0. The Labute approximate surface area is 170 Å². The second kappa shape index (κ2) is 11.1.